The minimum absolute atomic E-state index is 0. The standard InChI is InChI=1S/C29H29ClN6O3S.ClH/c1-35-11-9-22-25(16-35)40-28(34-22)27(38)33-24-15-36(29(39)17-5-3-2-4-6-17)12-10-21(24)32-26(37)23-14-18-13-19(30)7-8-20(18)31-23;/h2-8,13-14,21,24,31H,9-12,15-16H2,1H3,(H,32,37)(H,33,38);1H. The lowest BCUT2D eigenvalue weighted by Crippen LogP contribution is -2.61. The largest absolute Gasteiger partial charge is 0.351 e. The molecule has 3 amide bonds. The van der Waals surface area contributed by atoms with Gasteiger partial charge in [-0.05, 0) is 49.9 Å². The molecule has 3 N–H and O–H groups in total. The minimum atomic E-state index is -0.500. The van der Waals surface area contributed by atoms with Gasteiger partial charge >= 0.3 is 0 Å². The van der Waals surface area contributed by atoms with Crippen LogP contribution in [-0.4, -0.2) is 76.3 Å². The number of carbonyl (C=O) groups excluding carboxylic acids is 3. The molecular formula is C29H30Cl2N6O3S. The summed E-state index contributed by atoms with van der Waals surface area (Å²) < 4.78 is 0. The average Bonchev–Trinajstić information content (AvgIpc) is 3.58. The van der Waals surface area contributed by atoms with Crippen LogP contribution in [0.2, 0.25) is 5.02 Å². The van der Waals surface area contributed by atoms with E-state index in [2.05, 4.69) is 32.5 Å². The Balaban J connectivity index is 0.00000337. The molecule has 12 heteroatoms. The van der Waals surface area contributed by atoms with E-state index in [9.17, 15) is 14.4 Å². The van der Waals surface area contributed by atoms with E-state index in [1.807, 2.05) is 24.3 Å². The number of thiazole rings is 1. The van der Waals surface area contributed by atoms with E-state index < -0.39 is 6.04 Å². The Kier molecular flexibility index (Phi) is 8.65. The van der Waals surface area contributed by atoms with Gasteiger partial charge in [-0.25, -0.2) is 4.98 Å². The topological polar surface area (TPSA) is 110 Å². The monoisotopic (exact) mass is 612 g/mol. The molecule has 0 aliphatic carbocycles. The summed E-state index contributed by atoms with van der Waals surface area (Å²) in [6, 6.07) is 15.4. The fourth-order valence-corrected chi connectivity index (χ4v) is 6.61. The van der Waals surface area contributed by atoms with Crippen LogP contribution in [0.3, 0.4) is 0 Å². The molecule has 2 atom stereocenters. The molecule has 2 aliphatic heterocycles. The maximum absolute atomic E-state index is 13.4. The minimum Gasteiger partial charge on any atom is -0.351 e. The highest BCUT2D eigenvalue weighted by molar-refractivity contribution is 7.13. The van der Waals surface area contributed by atoms with E-state index in [1.54, 1.807) is 35.2 Å². The summed E-state index contributed by atoms with van der Waals surface area (Å²) in [5.74, 6) is -0.683. The number of benzene rings is 2. The first-order valence-electron chi connectivity index (χ1n) is 13.3. The Morgan fingerprint density at radius 3 is 2.61 bits per heavy atom. The number of nitrogens with zero attached hydrogens (tertiary/aromatic N) is 3. The van der Waals surface area contributed by atoms with Crippen LogP contribution in [0, 0.1) is 0 Å². The molecule has 2 aromatic carbocycles. The molecule has 0 spiro atoms. The second kappa shape index (κ2) is 12.2. The van der Waals surface area contributed by atoms with E-state index in [4.69, 9.17) is 11.6 Å². The van der Waals surface area contributed by atoms with Gasteiger partial charge in [0.2, 0.25) is 0 Å². The number of hydrogen-bond acceptors (Lipinski definition) is 6. The van der Waals surface area contributed by atoms with Crippen LogP contribution in [0.4, 0.5) is 0 Å². The zero-order valence-corrected chi connectivity index (χ0v) is 24.7. The zero-order chi connectivity index (χ0) is 27.8. The summed E-state index contributed by atoms with van der Waals surface area (Å²) in [7, 11) is 2.05. The third kappa shape index (κ3) is 6.25. The van der Waals surface area contributed by atoms with Crippen LogP contribution in [0.25, 0.3) is 10.9 Å². The quantitative estimate of drug-likeness (QED) is 0.314. The Bertz CT molecular complexity index is 1590. The molecule has 2 aromatic heterocycles. The SMILES string of the molecule is CN1CCc2nc(C(=O)NC3CN(C(=O)c4ccccc4)CCC3NC(=O)c3cc4cc(Cl)ccc4[nH]3)sc2C1.Cl. The summed E-state index contributed by atoms with van der Waals surface area (Å²) in [4.78, 5) is 52.7. The molecular weight excluding hydrogens is 583 g/mol. The van der Waals surface area contributed by atoms with Gasteiger partial charge < -0.3 is 25.4 Å². The highest BCUT2D eigenvalue weighted by Crippen LogP contribution is 2.25. The van der Waals surface area contributed by atoms with Crippen LogP contribution in [-0.2, 0) is 13.0 Å². The van der Waals surface area contributed by atoms with Gasteiger partial charge in [-0.2, -0.15) is 0 Å². The molecule has 6 rings (SSSR count). The van der Waals surface area contributed by atoms with Gasteiger partial charge in [0.05, 0.1) is 17.8 Å². The fourth-order valence-electron chi connectivity index (χ4n) is 5.34. The van der Waals surface area contributed by atoms with Gasteiger partial charge in [0.25, 0.3) is 17.7 Å². The van der Waals surface area contributed by atoms with E-state index in [-0.39, 0.29) is 42.7 Å². The number of likely N-dealkylation sites (tertiary alicyclic amines) is 1. The number of carbonyl (C=O) groups is 3. The number of halogens is 2. The van der Waals surface area contributed by atoms with Crippen molar-refractivity contribution in [1.29, 1.82) is 0 Å². The number of hydrogen-bond donors (Lipinski definition) is 3. The number of aromatic nitrogens is 2. The maximum Gasteiger partial charge on any atom is 0.280 e. The van der Waals surface area contributed by atoms with Crippen molar-refractivity contribution in [1.82, 2.24) is 30.4 Å². The molecule has 4 aromatic rings. The Hall–Kier alpha value is -3.44. The smallest absolute Gasteiger partial charge is 0.280 e. The van der Waals surface area contributed by atoms with Crippen molar-refractivity contribution in [3.63, 3.8) is 0 Å². The number of piperidine rings is 1. The van der Waals surface area contributed by atoms with Crippen LogP contribution >= 0.6 is 35.3 Å². The second-order valence-electron chi connectivity index (χ2n) is 10.4. The number of aromatic amines is 1. The normalized spacial score (nSPS) is 18.8. The summed E-state index contributed by atoms with van der Waals surface area (Å²) in [5.41, 5.74) is 2.77. The lowest BCUT2D eigenvalue weighted by atomic mass is 9.97. The number of H-pyrrole nitrogens is 1. The molecule has 2 aliphatic rings. The molecule has 0 bridgehead atoms. The van der Waals surface area contributed by atoms with Crippen molar-refractivity contribution < 1.29 is 14.4 Å². The zero-order valence-electron chi connectivity index (χ0n) is 22.4. The number of amides is 3. The van der Waals surface area contributed by atoms with Crippen LogP contribution in [0.15, 0.2) is 54.6 Å². The molecule has 1 fully saturated rings. The van der Waals surface area contributed by atoms with E-state index >= 15 is 0 Å². The second-order valence-corrected chi connectivity index (χ2v) is 11.9. The third-order valence-electron chi connectivity index (χ3n) is 7.50. The Morgan fingerprint density at radius 1 is 1.02 bits per heavy atom. The van der Waals surface area contributed by atoms with Crippen molar-refractivity contribution in [3.8, 4) is 0 Å². The molecule has 214 valence electrons. The molecule has 4 heterocycles. The summed E-state index contributed by atoms with van der Waals surface area (Å²) in [5, 5.41) is 8.02. The molecule has 2 unspecified atom stereocenters. The molecule has 1 saturated heterocycles. The van der Waals surface area contributed by atoms with Gasteiger partial charge in [-0.1, -0.05) is 29.8 Å². The highest BCUT2D eigenvalue weighted by Gasteiger charge is 2.35. The van der Waals surface area contributed by atoms with E-state index in [0.717, 1.165) is 41.0 Å². The van der Waals surface area contributed by atoms with Crippen molar-refractivity contribution in [2.45, 2.75) is 31.5 Å². The number of likely N-dealkylation sites (N-methyl/N-ethyl adjacent to an activating group) is 1. The van der Waals surface area contributed by atoms with Crippen molar-refractivity contribution in [3.05, 3.63) is 86.5 Å². The number of rotatable bonds is 5. The Morgan fingerprint density at radius 2 is 1.80 bits per heavy atom. The van der Waals surface area contributed by atoms with Crippen molar-refractivity contribution in [2.75, 3.05) is 26.7 Å². The summed E-state index contributed by atoms with van der Waals surface area (Å²) in [6.07, 6.45) is 1.30. The van der Waals surface area contributed by atoms with Crippen molar-refractivity contribution >= 4 is 64.0 Å². The first-order valence-corrected chi connectivity index (χ1v) is 14.4. The number of fused-ring (bicyclic) bond motifs is 2. The first kappa shape index (κ1) is 29.1. The molecule has 0 saturated carbocycles. The van der Waals surface area contributed by atoms with Crippen LogP contribution < -0.4 is 10.6 Å². The number of nitrogens with one attached hydrogen (secondary N) is 3. The van der Waals surface area contributed by atoms with E-state index in [1.165, 1.54) is 11.3 Å². The van der Waals surface area contributed by atoms with Gasteiger partial charge in [-0.15, -0.1) is 23.7 Å². The summed E-state index contributed by atoms with van der Waals surface area (Å²) >= 11 is 7.52. The predicted octanol–water partition coefficient (Wildman–Crippen LogP) is 4.13. The predicted molar refractivity (Wildman–Crippen MR) is 162 cm³/mol. The van der Waals surface area contributed by atoms with E-state index in [0.29, 0.717) is 34.3 Å². The fraction of sp³-hybridized carbons (Fsp3) is 0.310. The molecule has 41 heavy (non-hydrogen) atoms. The third-order valence-corrected chi connectivity index (χ3v) is 8.81. The molecule has 9 nitrogen and oxygen atoms in total. The van der Waals surface area contributed by atoms with Gasteiger partial charge in [0.1, 0.15) is 5.69 Å². The van der Waals surface area contributed by atoms with Crippen molar-refractivity contribution in [2.24, 2.45) is 0 Å². The average molecular weight is 614 g/mol. The maximum atomic E-state index is 13.4. The lowest BCUT2D eigenvalue weighted by molar-refractivity contribution is 0.0628. The van der Waals surface area contributed by atoms with Gasteiger partial charge in [0, 0.05) is 59.0 Å². The highest BCUT2D eigenvalue weighted by atomic mass is 35.5. The van der Waals surface area contributed by atoms with Gasteiger partial charge in [0.15, 0.2) is 5.01 Å². The van der Waals surface area contributed by atoms with Crippen LogP contribution in [0.1, 0.15) is 47.6 Å². The summed E-state index contributed by atoms with van der Waals surface area (Å²) in [6.45, 7) is 2.40. The van der Waals surface area contributed by atoms with Gasteiger partial charge in [-0.3, -0.25) is 14.4 Å². The molecule has 0 radical (unpaired) electrons. The first-order chi connectivity index (χ1) is 19.3. The lowest BCUT2D eigenvalue weighted by Gasteiger charge is -2.39. The Labute approximate surface area is 252 Å². The van der Waals surface area contributed by atoms with Crippen LogP contribution in [0.5, 0.6) is 0 Å².